The second-order valence-corrected chi connectivity index (χ2v) is 6.62. The second-order valence-electron chi connectivity index (χ2n) is 5.16. The van der Waals surface area contributed by atoms with E-state index in [0.29, 0.717) is 10.6 Å². The fraction of sp³-hybridized carbons (Fsp3) is 0.176. The first kappa shape index (κ1) is 17.9. The summed E-state index contributed by atoms with van der Waals surface area (Å²) >= 11 is 7.39. The molecule has 0 unspecified atom stereocenters. The van der Waals surface area contributed by atoms with E-state index in [1.807, 2.05) is 0 Å². The highest BCUT2D eigenvalue weighted by molar-refractivity contribution is 7.22. The van der Waals surface area contributed by atoms with Gasteiger partial charge in [-0.25, -0.2) is 4.98 Å². The Kier molecular flexibility index (Phi) is 5.79. The summed E-state index contributed by atoms with van der Waals surface area (Å²) in [5, 5.41) is 4.51. The van der Waals surface area contributed by atoms with E-state index in [9.17, 15) is 4.79 Å². The van der Waals surface area contributed by atoms with E-state index in [0.717, 1.165) is 15.3 Å². The smallest absolute Gasteiger partial charge is 0.184 e. The van der Waals surface area contributed by atoms with Gasteiger partial charge in [0, 0.05) is 10.6 Å². The van der Waals surface area contributed by atoms with Gasteiger partial charge in [0.1, 0.15) is 0 Å². The maximum Gasteiger partial charge on any atom is 0.184 e. The van der Waals surface area contributed by atoms with E-state index in [1.54, 1.807) is 35.6 Å². The van der Waals surface area contributed by atoms with E-state index < -0.39 is 0 Å². The predicted molar refractivity (Wildman–Crippen MR) is 93.4 cm³/mol. The number of hydrogen-bond acceptors (Lipinski definition) is 4. The number of halogens is 2. The topological polar surface area (TPSA) is 42.0 Å². The highest BCUT2D eigenvalue weighted by Crippen LogP contribution is 2.29. The number of carbonyl (C=O) groups is 1. The number of nitrogens with zero attached hydrogens (tertiary/aromatic N) is 1. The number of thiazole rings is 1. The van der Waals surface area contributed by atoms with Gasteiger partial charge in [0.05, 0.1) is 16.8 Å². The number of benzene rings is 2. The lowest BCUT2D eigenvalue weighted by Gasteiger charge is -2.02. The number of carbonyl (C=O) groups excluding carboxylic acids is 1. The summed E-state index contributed by atoms with van der Waals surface area (Å²) in [7, 11) is 0. The number of Topliss-reactive ketones (excluding diaryl/α,β-unsaturated/α-hetero) is 1. The van der Waals surface area contributed by atoms with Crippen molar-refractivity contribution in [3.8, 4) is 0 Å². The van der Waals surface area contributed by atoms with Gasteiger partial charge in [-0.2, -0.15) is 0 Å². The molecule has 23 heavy (non-hydrogen) atoms. The molecule has 0 fully saturated rings. The molecule has 0 amide bonds. The third-order valence-electron chi connectivity index (χ3n) is 3.65. The molecule has 0 radical (unpaired) electrons. The molecular formula is C17H15BrClN2OS-. The number of anilines is 1. The molecule has 3 nitrogen and oxygen atoms in total. The van der Waals surface area contributed by atoms with Crippen LogP contribution in [0.5, 0.6) is 0 Å². The van der Waals surface area contributed by atoms with Crippen LogP contribution in [-0.4, -0.2) is 17.3 Å². The summed E-state index contributed by atoms with van der Waals surface area (Å²) in [4.78, 5) is 16.7. The normalized spacial score (nSPS) is 10.4. The summed E-state index contributed by atoms with van der Waals surface area (Å²) < 4.78 is 1.13. The number of hydrogen-bond donors (Lipinski definition) is 1. The van der Waals surface area contributed by atoms with Crippen molar-refractivity contribution in [3.63, 3.8) is 0 Å². The van der Waals surface area contributed by atoms with Gasteiger partial charge in [0.25, 0.3) is 0 Å². The minimum atomic E-state index is 0. The molecule has 0 saturated carbocycles. The van der Waals surface area contributed by atoms with E-state index in [-0.39, 0.29) is 29.3 Å². The quantitative estimate of drug-likeness (QED) is 0.668. The van der Waals surface area contributed by atoms with Crippen molar-refractivity contribution < 1.29 is 21.8 Å². The fourth-order valence-corrected chi connectivity index (χ4v) is 3.24. The van der Waals surface area contributed by atoms with Gasteiger partial charge in [-0.3, -0.25) is 4.79 Å². The Bertz CT molecular complexity index is 846. The highest BCUT2D eigenvalue weighted by Gasteiger charge is 2.10. The molecule has 0 aliphatic heterocycles. The largest absolute Gasteiger partial charge is 1.00 e. The van der Waals surface area contributed by atoms with Crippen LogP contribution in [0.15, 0.2) is 36.4 Å². The molecule has 0 aliphatic rings. The van der Waals surface area contributed by atoms with Crippen LogP contribution in [0, 0.1) is 13.8 Å². The van der Waals surface area contributed by atoms with E-state index in [4.69, 9.17) is 11.6 Å². The third-order valence-corrected chi connectivity index (χ3v) is 4.88. The molecule has 3 aromatic rings. The average molecular weight is 411 g/mol. The fourth-order valence-electron chi connectivity index (χ4n) is 2.20. The highest BCUT2D eigenvalue weighted by atomic mass is 79.9. The van der Waals surface area contributed by atoms with Crippen molar-refractivity contribution in [1.29, 1.82) is 0 Å². The Hall–Kier alpha value is -1.43. The number of ketones is 1. The number of aryl methyl sites for hydroxylation is 2. The monoisotopic (exact) mass is 409 g/mol. The maximum atomic E-state index is 12.1. The van der Waals surface area contributed by atoms with Gasteiger partial charge in [-0.15, -0.1) is 0 Å². The van der Waals surface area contributed by atoms with Gasteiger partial charge < -0.3 is 22.3 Å². The van der Waals surface area contributed by atoms with Crippen molar-refractivity contribution in [2.45, 2.75) is 13.8 Å². The molecule has 6 heteroatoms. The van der Waals surface area contributed by atoms with Crippen LogP contribution in [-0.2, 0) is 0 Å². The lowest BCUT2D eigenvalue weighted by atomic mass is 10.1. The SMILES string of the molecule is Cc1ccc2sc(NCC(=O)c3ccc(Cl)cc3)nc2c1C.[Br-]. The van der Waals surface area contributed by atoms with Crippen LogP contribution in [0.3, 0.4) is 0 Å². The van der Waals surface area contributed by atoms with Crippen LogP contribution in [0.4, 0.5) is 5.13 Å². The first-order chi connectivity index (χ1) is 10.5. The summed E-state index contributed by atoms with van der Waals surface area (Å²) in [6.45, 7) is 4.37. The molecule has 1 aromatic heterocycles. The van der Waals surface area contributed by atoms with Crippen LogP contribution in [0.1, 0.15) is 21.5 Å². The summed E-state index contributed by atoms with van der Waals surface area (Å²) in [6, 6.07) is 11.1. The first-order valence-electron chi connectivity index (χ1n) is 6.94. The van der Waals surface area contributed by atoms with Crippen molar-refractivity contribution in [2.75, 3.05) is 11.9 Å². The standard InChI is InChI=1S/C17H15ClN2OS.BrH/c1-10-3-8-15-16(11(10)2)20-17(22-15)19-9-14(21)12-4-6-13(18)7-5-12;/h3-8H,9H2,1-2H3,(H,19,20);1H/p-1. The molecule has 0 spiro atoms. The van der Waals surface area contributed by atoms with E-state index in [2.05, 4.69) is 36.3 Å². The van der Waals surface area contributed by atoms with Crippen LogP contribution < -0.4 is 22.3 Å². The zero-order chi connectivity index (χ0) is 15.7. The van der Waals surface area contributed by atoms with E-state index in [1.165, 1.54) is 11.1 Å². The minimum Gasteiger partial charge on any atom is -1.00 e. The van der Waals surface area contributed by atoms with Crippen molar-refractivity contribution in [3.05, 3.63) is 58.1 Å². The van der Waals surface area contributed by atoms with Crippen molar-refractivity contribution in [1.82, 2.24) is 4.98 Å². The van der Waals surface area contributed by atoms with E-state index >= 15 is 0 Å². The van der Waals surface area contributed by atoms with Crippen LogP contribution in [0.25, 0.3) is 10.2 Å². The summed E-state index contributed by atoms with van der Waals surface area (Å²) in [5.74, 6) is 0.0174. The third kappa shape index (κ3) is 3.91. The van der Waals surface area contributed by atoms with Crippen LogP contribution in [0.2, 0.25) is 5.02 Å². The van der Waals surface area contributed by atoms with Crippen molar-refractivity contribution >= 4 is 44.1 Å². The number of nitrogens with one attached hydrogen (secondary N) is 1. The predicted octanol–water partition coefficient (Wildman–Crippen LogP) is 1.87. The molecule has 2 aromatic carbocycles. The number of aromatic nitrogens is 1. The average Bonchev–Trinajstić information content (AvgIpc) is 2.93. The number of rotatable bonds is 4. The Morgan fingerprint density at radius 2 is 1.87 bits per heavy atom. The summed E-state index contributed by atoms with van der Waals surface area (Å²) in [6.07, 6.45) is 0. The Morgan fingerprint density at radius 3 is 2.57 bits per heavy atom. The molecule has 0 atom stereocenters. The lowest BCUT2D eigenvalue weighted by Crippen LogP contribution is -3.00. The zero-order valence-electron chi connectivity index (χ0n) is 12.7. The van der Waals surface area contributed by atoms with Gasteiger partial charge in [0.2, 0.25) is 0 Å². The van der Waals surface area contributed by atoms with Gasteiger partial charge in [0.15, 0.2) is 10.9 Å². The zero-order valence-corrected chi connectivity index (χ0v) is 15.8. The molecule has 0 aliphatic carbocycles. The first-order valence-corrected chi connectivity index (χ1v) is 8.13. The Balaban J connectivity index is 0.00000192. The maximum absolute atomic E-state index is 12.1. The Labute approximate surface area is 154 Å². The molecule has 1 N–H and O–H groups in total. The molecule has 0 bridgehead atoms. The van der Waals surface area contributed by atoms with Gasteiger partial charge >= 0.3 is 0 Å². The molecule has 120 valence electrons. The number of fused-ring (bicyclic) bond motifs is 1. The van der Waals surface area contributed by atoms with Crippen LogP contribution >= 0.6 is 22.9 Å². The second kappa shape index (κ2) is 7.43. The lowest BCUT2D eigenvalue weighted by molar-refractivity contribution is -0.0000120. The minimum absolute atomic E-state index is 0. The molecule has 0 saturated heterocycles. The molecule has 1 heterocycles. The Morgan fingerprint density at radius 1 is 1.17 bits per heavy atom. The van der Waals surface area contributed by atoms with Gasteiger partial charge in [-0.1, -0.05) is 29.0 Å². The molecule has 3 rings (SSSR count). The van der Waals surface area contributed by atoms with Crippen molar-refractivity contribution in [2.24, 2.45) is 0 Å². The summed E-state index contributed by atoms with van der Waals surface area (Å²) in [5.41, 5.74) is 4.06. The van der Waals surface area contributed by atoms with Gasteiger partial charge in [-0.05, 0) is 55.3 Å². The molecular weight excluding hydrogens is 396 g/mol.